The summed E-state index contributed by atoms with van der Waals surface area (Å²) >= 11 is 0. The first kappa shape index (κ1) is 20.3. The normalized spacial score (nSPS) is 17.9. The highest BCUT2D eigenvalue weighted by molar-refractivity contribution is 6.25. The van der Waals surface area contributed by atoms with Crippen molar-refractivity contribution in [2.75, 3.05) is 32.0 Å². The number of aldehydes is 1. The largest absolute Gasteiger partial charge is 0.388 e. The number of carbonyl (C=O) groups excluding carboxylic acids is 1. The SMILES string of the molecule is CNc1cc(C2=C(C)CN=C2C)cc(C2CCCC2)c1/C=C(\C=O)NCCN. The van der Waals surface area contributed by atoms with E-state index < -0.39 is 0 Å². The smallest absolute Gasteiger partial charge is 0.165 e. The van der Waals surface area contributed by atoms with Gasteiger partial charge in [0.1, 0.15) is 0 Å². The first-order valence-electron chi connectivity index (χ1n) is 10.3. The molecule has 0 spiro atoms. The fraction of sp³-hybridized carbons (Fsp3) is 0.478. The lowest BCUT2D eigenvalue weighted by molar-refractivity contribution is -0.105. The Bertz CT molecular complexity index is 829. The van der Waals surface area contributed by atoms with E-state index in [1.165, 1.54) is 48.0 Å². The van der Waals surface area contributed by atoms with Gasteiger partial charge in [0.25, 0.3) is 0 Å². The number of hydrogen-bond acceptors (Lipinski definition) is 5. The molecule has 0 radical (unpaired) electrons. The summed E-state index contributed by atoms with van der Waals surface area (Å²) in [6, 6.07) is 4.52. The van der Waals surface area contributed by atoms with E-state index in [0.29, 0.717) is 24.7 Å². The Kier molecular flexibility index (Phi) is 6.68. The van der Waals surface area contributed by atoms with Crippen molar-refractivity contribution in [3.05, 3.63) is 40.1 Å². The van der Waals surface area contributed by atoms with Crippen LogP contribution in [0.2, 0.25) is 0 Å². The molecule has 1 aromatic rings. The van der Waals surface area contributed by atoms with Crippen LogP contribution < -0.4 is 16.4 Å². The average molecular weight is 381 g/mol. The van der Waals surface area contributed by atoms with Crippen LogP contribution in [0, 0.1) is 0 Å². The zero-order valence-electron chi connectivity index (χ0n) is 17.3. The Morgan fingerprint density at radius 2 is 2.04 bits per heavy atom. The second-order valence-corrected chi connectivity index (χ2v) is 7.75. The molecular weight excluding hydrogens is 348 g/mol. The number of aliphatic imine (C=N–C) groups is 1. The number of benzene rings is 1. The van der Waals surface area contributed by atoms with E-state index in [0.717, 1.165) is 29.8 Å². The minimum Gasteiger partial charge on any atom is -0.388 e. The van der Waals surface area contributed by atoms with Crippen molar-refractivity contribution in [3.8, 4) is 0 Å². The molecule has 0 atom stereocenters. The second-order valence-electron chi connectivity index (χ2n) is 7.75. The summed E-state index contributed by atoms with van der Waals surface area (Å²) in [6.45, 7) is 6.12. The van der Waals surface area contributed by atoms with Gasteiger partial charge in [0.15, 0.2) is 6.29 Å². The number of rotatable bonds is 8. The van der Waals surface area contributed by atoms with Crippen LogP contribution in [0.3, 0.4) is 0 Å². The van der Waals surface area contributed by atoms with Crippen molar-refractivity contribution in [2.45, 2.75) is 45.4 Å². The van der Waals surface area contributed by atoms with E-state index in [9.17, 15) is 4.79 Å². The zero-order valence-corrected chi connectivity index (χ0v) is 17.3. The van der Waals surface area contributed by atoms with Crippen LogP contribution in [0.1, 0.15) is 62.1 Å². The second kappa shape index (κ2) is 9.20. The molecule has 0 saturated heterocycles. The minimum absolute atomic E-state index is 0.491. The van der Waals surface area contributed by atoms with E-state index in [-0.39, 0.29) is 0 Å². The summed E-state index contributed by atoms with van der Waals surface area (Å²) in [6.07, 6.45) is 7.78. The monoisotopic (exact) mass is 380 g/mol. The molecule has 1 aromatic carbocycles. The number of nitrogens with zero attached hydrogens (tertiary/aromatic N) is 1. The molecule has 28 heavy (non-hydrogen) atoms. The molecule has 4 N–H and O–H groups in total. The summed E-state index contributed by atoms with van der Waals surface area (Å²) in [7, 11) is 1.94. The Morgan fingerprint density at radius 3 is 2.61 bits per heavy atom. The number of nitrogens with one attached hydrogen (secondary N) is 2. The van der Waals surface area contributed by atoms with Crippen LogP contribution in [0.5, 0.6) is 0 Å². The van der Waals surface area contributed by atoms with Crippen LogP contribution in [-0.2, 0) is 4.79 Å². The molecule has 5 nitrogen and oxygen atoms in total. The number of allylic oxidation sites excluding steroid dienone is 2. The maximum atomic E-state index is 11.6. The summed E-state index contributed by atoms with van der Waals surface area (Å²) in [5.74, 6) is 0.528. The molecule has 150 valence electrons. The number of hydrogen-bond donors (Lipinski definition) is 3. The van der Waals surface area contributed by atoms with Gasteiger partial charge in [-0.15, -0.1) is 0 Å². The van der Waals surface area contributed by atoms with Gasteiger partial charge >= 0.3 is 0 Å². The molecule has 1 fully saturated rings. The highest BCUT2D eigenvalue weighted by Gasteiger charge is 2.24. The maximum absolute atomic E-state index is 11.6. The number of carbonyl (C=O) groups is 1. The Balaban J connectivity index is 2.15. The quantitative estimate of drug-likeness (QED) is 0.474. The maximum Gasteiger partial charge on any atom is 0.165 e. The molecular formula is C23H32N4O. The Morgan fingerprint density at radius 1 is 1.29 bits per heavy atom. The van der Waals surface area contributed by atoms with Crippen molar-refractivity contribution in [2.24, 2.45) is 10.7 Å². The molecule has 0 amide bonds. The molecule has 0 aromatic heterocycles. The molecule has 1 saturated carbocycles. The molecule has 0 unspecified atom stereocenters. The van der Waals surface area contributed by atoms with Crippen molar-refractivity contribution >= 4 is 29.3 Å². The van der Waals surface area contributed by atoms with Gasteiger partial charge in [0, 0.05) is 42.7 Å². The molecule has 1 heterocycles. The fourth-order valence-corrected chi connectivity index (χ4v) is 4.42. The number of anilines is 1. The lowest BCUT2D eigenvalue weighted by Gasteiger charge is -2.21. The Labute approximate surface area is 168 Å². The molecule has 3 rings (SSSR count). The lowest BCUT2D eigenvalue weighted by Crippen LogP contribution is -2.22. The van der Waals surface area contributed by atoms with E-state index in [1.807, 2.05) is 13.1 Å². The summed E-state index contributed by atoms with van der Waals surface area (Å²) in [4.78, 5) is 16.2. The average Bonchev–Trinajstić information content (AvgIpc) is 3.35. The van der Waals surface area contributed by atoms with Crippen LogP contribution in [0.15, 0.2) is 28.4 Å². The van der Waals surface area contributed by atoms with E-state index in [4.69, 9.17) is 5.73 Å². The summed E-state index contributed by atoms with van der Waals surface area (Å²) in [5, 5.41) is 6.50. The van der Waals surface area contributed by atoms with Crippen molar-refractivity contribution in [3.63, 3.8) is 0 Å². The third-order valence-electron chi connectivity index (χ3n) is 5.81. The van der Waals surface area contributed by atoms with Crippen molar-refractivity contribution in [1.29, 1.82) is 0 Å². The summed E-state index contributed by atoms with van der Waals surface area (Å²) < 4.78 is 0. The van der Waals surface area contributed by atoms with Gasteiger partial charge in [0.2, 0.25) is 0 Å². The lowest BCUT2D eigenvalue weighted by atomic mass is 9.86. The van der Waals surface area contributed by atoms with Gasteiger partial charge in [-0.2, -0.15) is 0 Å². The molecule has 5 heteroatoms. The van der Waals surface area contributed by atoms with E-state index in [2.05, 4.69) is 41.6 Å². The predicted octanol–water partition coefficient (Wildman–Crippen LogP) is 3.72. The topological polar surface area (TPSA) is 79.5 Å². The summed E-state index contributed by atoms with van der Waals surface area (Å²) in [5.41, 5.74) is 14.6. The van der Waals surface area contributed by atoms with Crippen LogP contribution in [0.25, 0.3) is 11.6 Å². The minimum atomic E-state index is 0.491. The molecule has 1 aliphatic carbocycles. The van der Waals surface area contributed by atoms with Gasteiger partial charge in [-0.05, 0) is 61.4 Å². The van der Waals surface area contributed by atoms with Gasteiger partial charge in [0.05, 0.1) is 12.2 Å². The van der Waals surface area contributed by atoms with Gasteiger partial charge in [-0.3, -0.25) is 9.79 Å². The van der Waals surface area contributed by atoms with E-state index in [1.54, 1.807) is 0 Å². The van der Waals surface area contributed by atoms with E-state index >= 15 is 0 Å². The fourth-order valence-electron chi connectivity index (χ4n) is 4.42. The molecule has 2 aliphatic rings. The highest BCUT2D eigenvalue weighted by Crippen LogP contribution is 2.41. The molecule has 0 bridgehead atoms. The first-order valence-corrected chi connectivity index (χ1v) is 10.3. The van der Waals surface area contributed by atoms with Crippen LogP contribution >= 0.6 is 0 Å². The van der Waals surface area contributed by atoms with Gasteiger partial charge < -0.3 is 16.4 Å². The highest BCUT2D eigenvalue weighted by atomic mass is 16.1. The Hall–Kier alpha value is -2.40. The van der Waals surface area contributed by atoms with Gasteiger partial charge in [-0.25, -0.2) is 0 Å². The predicted molar refractivity (Wildman–Crippen MR) is 119 cm³/mol. The molecule has 1 aliphatic heterocycles. The first-order chi connectivity index (χ1) is 13.6. The van der Waals surface area contributed by atoms with Crippen LogP contribution in [-0.4, -0.2) is 38.7 Å². The third-order valence-corrected chi connectivity index (χ3v) is 5.81. The third kappa shape index (κ3) is 4.20. The van der Waals surface area contributed by atoms with Gasteiger partial charge in [-0.1, -0.05) is 18.9 Å². The number of nitrogens with two attached hydrogens (primary N) is 1. The van der Waals surface area contributed by atoms with Crippen molar-refractivity contribution in [1.82, 2.24) is 5.32 Å². The van der Waals surface area contributed by atoms with Crippen molar-refractivity contribution < 1.29 is 4.79 Å². The standard InChI is InChI=1S/C23H32N4O/c1-15-13-27-16(2)23(15)18-10-20(17-6-4-5-7-17)21(22(11-18)25-3)12-19(14-28)26-9-8-24/h10-12,14,17,25-26H,4-9,13,24H2,1-3H3/b19-12+. The van der Waals surface area contributed by atoms with Crippen LogP contribution in [0.4, 0.5) is 5.69 Å². The zero-order chi connectivity index (χ0) is 20.1.